The van der Waals surface area contributed by atoms with Crippen molar-refractivity contribution in [3.8, 4) is 0 Å². The summed E-state index contributed by atoms with van der Waals surface area (Å²) in [6.45, 7) is 1.40. The Balaban J connectivity index is 0. The maximum absolute atomic E-state index is 11.3. The zero-order valence-corrected chi connectivity index (χ0v) is 5.82. The van der Waals surface area contributed by atoms with Crippen molar-refractivity contribution >= 4 is 0 Å². The van der Waals surface area contributed by atoms with Crippen LogP contribution >= 0.6 is 0 Å². The Bertz CT molecular complexity index is 70.8. The first kappa shape index (κ1) is 12.0. The van der Waals surface area contributed by atoms with Crippen molar-refractivity contribution in [2.45, 2.75) is 25.6 Å². The predicted octanol–water partition coefficient (Wildman–Crippen LogP) is 1.32. The normalized spacial score (nSPS) is 12.7. The molecule has 0 unspecified atom stereocenters. The van der Waals surface area contributed by atoms with E-state index in [1.165, 1.54) is 0 Å². The second-order valence-corrected chi connectivity index (χ2v) is 2.06. The Morgan fingerprint density at radius 2 is 1.22 bits per heavy atom. The monoisotopic (exact) mass is 191 g/mol. The fourth-order valence-electron chi connectivity index (χ4n) is 0. The predicted molar refractivity (Wildman–Crippen MR) is 22.4 cm³/mol. The minimum Gasteiger partial charge on any atom is -0.381 e. The molecule has 61 valence electrons. The molecule has 0 saturated heterocycles. The molecule has 0 heterocycles. The van der Waals surface area contributed by atoms with Crippen LogP contribution in [0.3, 0.4) is 0 Å². The van der Waals surface area contributed by atoms with Crippen molar-refractivity contribution in [1.29, 1.82) is 0 Å². The van der Waals surface area contributed by atoms with E-state index >= 15 is 0 Å². The molecule has 0 aromatic rings. The molecule has 0 saturated carbocycles. The number of aliphatic hydroxyl groups is 1. The van der Waals surface area contributed by atoms with E-state index in [0.717, 1.165) is 0 Å². The van der Waals surface area contributed by atoms with Gasteiger partial charge in [-0.1, -0.05) is 0 Å². The zero-order chi connectivity index (χ0) is 7.00. The Kier molecular flexibility index (Phi) is 3.87. The summed E-state index contributed by atoms with van der Waals surface area (Å²) in [4.78, 5) is 0. The van der Waals surface area contributed by atoms with E-state index < -0.39 is 11.8 Å². The van der Waals surface area contributed by atoms with Crippen LogP contribution < -0.4 is 0 Å². The van der Waals surface area contributed by atoms with Crippen LogP contribution in [-0.2, 0) is 17.1 Å². The Morgan fingerprint density at radius 3 is 1.22 bits per heavy atom. The maximum atomic E-state index is 11.3. The van der Waals surface area contributed by atoms with E-state index in [4.69, 9.17) is 5.11 Å². The van der Waals surface area contributed by atoms with E-state index in [2.05, 4.69) is 0 Å². The van der Waals surface area contributed by atoms with Crippen LogP contribution in [0.2, 0.25) is 0 Å². The van der Waals surface area contributed by atoms with Crippen molar-refractivity contribution in [3.63, 3.8) is 0 Å². The average Bonchev–Trinajstić information content (AvgIpc) is 1.25. The Hall–Kier alpha value is 0.269. The van der Waals surface area contributed by atoms with Crippen LogP contribution in [0.15, 0.2) is 0 Å². The van der Waals surface area contributed by atoms with E-state index in [-0.39, 0.29) is 17.1 Å². The third-order valence-electron chi connectivity index (χ3n) is 0.694. The van der Waals surface area contributed by atoms with Gasteiger partial charge >= 0.3 is 6.18 Å². The van der Waals surface area contributed by atoms with Gasteiger partial charge in [0.25, 0.3) is 0 Å². The molecule has 0 fully saturated rings. The van der Waals surface area contributed by atoms with Gasteiger partial charge in [-0.2, -0.15) is 13.2 Å². The molecule has 1 nitrogen and oxygen atoms in total. The maximum Gasteiger partial charge on any atom is 0.416 e. The van der Waals surface area contributed by atoms with Crippen LogP contribution in [0, 0.1) is 0 Å². The van der Waals surface area contributed by atoms with Crippen molar-refractivity contribution < 1.29 is 35.3 Å². The summed E-state index contributed by atoms with van der Waals surface area (Å²) in [6.07, 6.45) is -4.51. The molecule has 0 rings (SSSR count). The minimum atomic E-state index is -4.51. The van der Waals surface area contributed by atoms with Gasteiger partial charge in [0.2, 0.25) is 0 Å². The molecule has 0 aromatic carbocycles. The van der Waals surface area contributed by atoms with Gasteiger partial charge in [-0.05, 0) is 13.8 Å². The summed E-state index contributed by atoms with van der Waals surface area (Å²) in [5.41, 5.74) is -2.56. The second-order valence-electron chi connectivity index (χ2n) is 2.06. The molecule has 0 spiro atoms. The summed E-state index contributed by atoms with van der Waals surface area (Å²) >= 11 is 0. The first-order chi connectivity index (χ1) is 3.25. The molecule has 0 aliphatic rings. The van der Waals surface area contributed by atoms with Crippen molar-refractivity contribution in [2.24, 2.45) is 0 Å². The first-order valence-corrected chi connectivity index (χ1v) is 2.04. The van der Waals surface area contributed by atoms with Gasteiger partial charge < -0.3 is 5.11 Å². The largest absolute Gasteiger partial charge is 0.416 e. The number of rotatable bonds is 0. The van der Waals surface area contributed by atoms with Gasteiger partial charge in [0, 0.05) is 17.1 Å². The second kappa shape index (κ2) is 2.90. The first-order valence-electron chi connectivity index (χ1n) is 2.04. The van der Waals surface area contributed by atoms with Gasteiger partial charge in [0.05, 0.1) is 0 Å². The van der Waals surface area contributed by atoms with Crippen LogP contribution in [0.5, 0.6) is 0 Å². The van der Waals surface area contributed by atoms with Crippen molar-refractivity contribution in [1.82, 2.24) is 0 Å². The third-order valence-corrected chi connectivity index (χ3v) is 0.694. The zero-order valence-electron chi connectivity index (χ0n) is 4.88. The third kappa shape index (κ3) is 3.78. The summed E-state index contributed by atoms with van der Waals surface area (Å²) in [5.74, 6) is 0. The van der Waals surface area contributed by atoms with Gasteiger partial charge in [0.1, 0.15) is 0 Å². The smallest absolute Gasteiger partial charge is 0.381 e. The molecule has 0 aliphatic heterocycles. The van der Waals surface area contributed by atoms with E-state index in [9.17, 15) is 13.2 Å². The van der Waals surface area contributed by atoms with E-state index in [1.54, 1.807) is 0 Å². The molecular weight excluding hydrogens is 185 g/mol. The summed E-state index contributed by atoms with van der Waals surface area (Å²) in [5, 5.41) is 8.23. The van der Waals surface area contributed by atoms with Crippen LogP contribution in [0.25, 0.3) is 0 Å². The van der Waals surface area contributed by atoms with Crippen molar-refractivity contribution in [2.75, 3.05) is 0 Å². The minimum absolute atomic E-state index is 0. The quantitative estimate of drug-likeness (QED) is 0.573. The molecular formula is C4H7CuF3O. The molecule has 9 heavy (non-hydrogen) atoms. The number of hydrogen-bond acceptors (Lipinski definition) is 1. The summed E-state index contributed by atoms with van der Waals surface area (Å²) in [6, 6.07) is 0. The molecule has 5 heteroatoms. The fraction of sp³-hybridized carbons (Fsp3) is 1.00. The van der Waals surface area contributed by atoms with Gasteiger partial charge in [-0.3, -0.25) is 0 Å². The molecule has 1 N–H and O–H groups in total. The summed E-state index contributed by atoms with van der Waals surface area (Å²) < 4.78 is 33.9. The van der Waals surface area contributed by atoms with Crippen LogP contribution in [0.4, 0.5) is 13.2 Å². The van der Waals surface area contributed by atoms with Crippen LogP contribution in [0.1, 0.15) is 13.8 Å². The molecule has 0 aromatic heterocycles. The topological polar surface area (TPSA) is 20.2 Å². The van der Waals surface area contributed by atoms with Gasteiger partial charge in [0.15, 0.2) is 5.60 Å². The van der Waals surface area contributed by atoms with E-state index in [1.807, 2.05) is 0 Å². The van der Waals surface area contributed by atoms with Gasteiger partial charge in [-0.25, -0.2) is 0 Å². The molecule has 0 amide bonds. The number of alkyl halides is 3. The van der Waals surface area contributed by atoms with Gasteiger partial charge in [-0.15, -0.1) is 0 Å². The molecule has 0 aliphatic carbocycles. The average molecular weight is 192 g/mol. The molecule has 0 atom stereocenters. The number of hydrogen-bond donors (Lipinski definition) is 1. The van der Waals surface area contributed by atoms with Crippen LogP contribution in [-0.4, -0.2) is 16.9 Å². The fourth-order valence-corrected chi connectivity index (χ4v) is 0. The molecule has 0 bridgehead atoms. The standard InChI is InChI=1S/C4H7F3O.Cu/c1-3(2,8)4(5,6)7;/h8H,1-2H3;. The van der Waals surface area contributed by atoms with Crippen molar-refractivity contribution in [3.05, 3.63) is 0 Å². The van der Waals surface area contributed by atoms with E-state index in [0.29, 0.717) is 13.8 Å². The number of halogens is 3. The summed E-state index contributed by atoms with van der Waals surface area (Å²) in [7, 11) is 0. The SMILES string of the molecule is CC(C)(O)C(F)(F)F.[Cu]. The Morgan fingerprint density at radius 1 is 1.11 bits per heavy atom. The molecule has 1 radical (unpaired) electrons. The Labute approximate surface area is 61.7 Å².